The van der Waals surface area contributed by atoms with Gasteiger partial charge in [-0.05, 0) is 43.6 Å². The third-order valence-electron chi connectivity index (χ3n) is 2.89. The number of rotatable bonds is 3. The Morgan fingerprint density at radius 1 is 1.35 bits per heavy atom. The van der Waals surface area contributed by atoms with Crippen molar-refractivity contribution >= 4 is 34.3 Å². The Labute approximate surface area is 115 Å². The number of carboxylic acid groups (broad SMARTS) is 1. The van der Waals surface area contributed by atoms with Gasteiger partial charge < -0.3 is 5.11 Å². The fourth-order valence-corrected chi connectivity index (χ4v) is 2.49. The maximum absolute atomic E-state index is 10.8. The zero-order valence-electron chi connectivity index (χ0n) is 9.36. The van der Waals surface area contributed by atoms with E-state index in [0.717, 1.165) is 29.7 Å². The van der Waals surface area contributed by atoms with Crippen molar-refractivity contribution in [3.63, 3.8) is 0 Å². The molecule has 1 aromatic rings. The van der Waals surface area contributed by atoms with Gasteiger partial charge in [0, 0.05) is 11.0 Å². The Bertz CT molecular complexity index is 405. The quantitative estimate of drug-likeness (QED) is 0.930. The number of nitrogens with zero attached hydrogens (tertiary/aromatic N) is 1. The molecule has 0 saturated carbocycles. The van der Waals surface area contributed by atoms with Crippen molar-refractivity contribution in [2.24, 2.45) is 0 Å². The van der Waals surface area contributed by atoms with Gasteiger partial charge in [0.2, 0.25) is 0 Å². The molecule has 1 heterocycles. The van der Waals surface area contributed by atoms with Crippen LogP contribution >= 0.6 is 28.3 Å². The number of aromatic carboxylic acids is 1. The van der Waals surface area contributed by atoms with E-state index < -0.39 is 5.97 Å². The number of carboxylic acids is 1. The molecule has 94 valence electrons. The van der Waals surface area contributed by atoms with Crippen LogP contribution in [0.25, 0.3) is 0 Å². The van der Waals surface area contributed by atoms with Gasteiger partial charge in [-0.2, -0.15) is 0 Å². The third kappa shape index (κ3) is 3.69. The van der Waals surface area contributed by atoms with E-state index in [9.17, 15) is 4.79 Å². The first-order valence-electron chi connectivity index (χ1n) is 5.41. The molecule has 1 saturated heterocycles. The Kier molecular flexibility index (Phi) is 5.43. The van der Waals surface area contributed by atoms with E-state index in [-0.39, 0.29) is 12.4 Å². The largest absolute Gasteiger partial charge is 0.478 e. The zero-order valence-corrected chi connectivity index (χ0v) is 11.8. The molecule has 1 aliphatic heterocycles. The molecule has 0 aliphatic carbocycles. The molecule has 5 heteroatoms. The van der Waals surface area contributed by atoms with Gasteiger partial charge in [-0.1, -0.05) is 22.0 Å². The summed E-state index contributed by atoms with van der Waals surface area (Å²) in [7, 11) is 0. The second kappa shape index (κ2) is 6.38. The van der Waals surface area contributed by atoms with Gasteiger partial charge in [-0.25, -0.2) is 4.79 Å². The molecule has 2 rings (SSSR count). The minimum atomic E-state index is -0.881. The van der Waals surface area contributed by atoms with E-state index in [1.807, 2.05) is 6.07 Å². The third-order valence-corrected chi connectivity index (χ3v) is 3.63. The summed E-state index contributed by atoms with van der Waals surface area (Å²) in [5.41, 5.74) is 1.49. The van der Waals surface area contributed by atoms with Crippen molar-refractivity contribution in [3.8, 4) is 0 Å². The standard InChI is InChI=1S/C12H14BrNO2.ClH/c13-11-7-9(12(15)16)3-4-10(11)8-14-5-1-2-6-14;/h3-4,7H,1-2,5-6,8H2,(H,15,16);1H. The van der Waals surface area contributed by atoms with Crippen LogP contribution in [-0.2, 0) is 6.54 Å². The lowest BCUT2D eigenvalue weighted by Gasteiger charge is -2.15. The van der Waals surface area contributed by atoms with Gasteiger partial charge in [0.25, 0.3) is 0 Å². The topological polar surface area (TPSA) is 40.5 Å². The maximum Gasteiger partial charge on any atom is 0.335 e. The summed E-state index contributed by atoms with van der Waals surface area (Å²) < 4.78 is 0.888. The number of likely N-dealkylation sites (tertiary alicyclic amines) is 1. The van der Waals surface area contributed by atoms with Gasteiger partial charge in [-0.3, -0.25) is 4.90 Å². The summed E-state index contributed by atoms with van der Waals surface area (Å²) in [6.07, 6.45) is 2.54. The molecule has 0 atom stereocenters. The van der Waals surface area contributed by atoms with Gasteiger partial charge in [-0.15, -0.1) is 12.4 Å². The summed E-state index contributed by atoms with van der Waals surface area (Å²) in [5.74, 6) is -0.881. The highest BCUT2D eigenvalue weighted by Gasteiger charge is 2.14. The lowest BCUT2D eigenvalue weighted by Crippen LogP contribution is -2.18. The summed E-state index contributed by atoms with van der Waals surface area (Å²) in [6.45, 7) is 3.20. The Morgan fingerprint density at radius 2 is 2.00 bits per heavy atom. The van der Waals surface area contributed by atoms with Crippen LogP contribution in [0.2, 0.25) is 0 Å². The molecule has 1 N–H and O–H groups in total. The van der Waals surface area contributed by atoms with Crippen LogP contribution in [0.3, 0.4) is 0 Å². The van der Waals surface area contributed by atoms with Crippen molar-refractivity contribution < 1.29 is 9.90 Å². The van der Waals surface area contributed by atoms with Crippen LogP contribution < -0.4 is 0 Å². The number of carbonyl (C=O) groups is 1. The van der Waals surface area contributed by atoms with Crippen LogP contribution in [0, 0.1) is 0 Å². The molecule has 1 fully saturated rings. The zero-order chi connectivity index (χ0) is 11.5. The van der Waals surface area contributed by atoms with Crippen molar-refractivity contribution in [3.05, 3.63) is 33.8 Å². The predicted molar refractivity (Wildman–Crippen MR) is 72.9 cm³/mol. The van der Waals surface area contributed by atoms with Gasteiger partial charge in [0.1, 0.15) is 0 Å². The smallest absolute Gasteiger partial charge is 0.335 e. The van der Waals surface area contributed by atoms with Gasteiger partial charge in [0.15, 0.2) is 0 Å². The molecule has 0 radical (unpaired) electrons. The minimum Gasteiger partial charge on any atom is -0.478 e. The lowest BCUT2D eigenvalue weighted by molar-refractivity contribution is 0.0697. The van der Waals surface area contributed by atoms with Crippen molar-refractivity contribution in [2.75, 3.05) is 13.1 Å². The maximum atomic E-state index is 10.8. The highest BCUT2D eigenvalue weighted by molar-refractivity contribution is 9.10. The Hall–Kier alpha value is -0.580. The van der Waals surface area contributed by atoms with Gasteiger partial charge in [0.05, 0.1) is 5.56 Å². The van der Waals surface area contributed by atoms with Crippen molar-refractivity contribution in [1.82, 2.24) is 4.90 Å². The fourth-order valence-electron chi connectivity index (χ4n) is 1.99. The van der Waals surface area contributed by atoms with Crippen LogP contribution in [0.1, 0.15) is 28.8 Å². The molecule has 1 aliphatic rings. The molecule has 1 aromatic carbocycles. The highest BCUT2D eigenvalue weighted by atomic mass is 79.9. The molecular weight excluding hydrogens is 305 g/mol. The average molecular weight is 321 g/mol. The van der Waals surface area contributed by atoms with Crippen LogP contribution in [0.15, 0.2) is 22.7 Å². The first-order chi connectivity index (χ1) is 7.66. The first kappa shape index (κ1) is 14.5. The highest BCUT2D eigenvalue weighted by Crippen LogP contribution is 2.22. The summed E-state index contributed by atoms with van der Waals surface area (Å²) in [6, 6.07) is 5.23. The average Bonchev–Trinajstić information content (AvgIpc) is 2.73. The number of hydrogen-bond acceptors (Lipinski definition) is 2. The molecule has 3 nitrogen and oxygen atoms in total. The monoisotopic (exact) mass is 319 g/mol. The SMILES string of the molecule is Cl.O=C(O)c1ccc(CN2CCCC2)c(Br)c1. The molecule has 0 unspecified atom stereocenters. The molecule has 0 amide bonds. The van der Waals surface area contributed by atoms with E-state index in [0.29, 0.717) is 5.56 Å². The van der Waals surface area contributed by atoms with E-state index in [1.165, 1.54) is 12.8 Å². The number of benzene rings is 1. The number of halogens is 2. The van der Waals surface area contributed by atoms with E-state index in [4.69, 9.17) is 5.11 Å². The normalized spacial score (nSPS) is 15.6. The van der Waals surface area contributed by atoms with E-state index >= 15 is 0 Å². The van der Waals surface area contributed by atoms with Crippen LogP contribution in [0.4, 0.5) is 0 Å². The predicted octanol–water partition coefficient (Wildman–Crippen LogP) is 3.16. The van der Waals surface area contributed by atoms with Crippen molar-refractivity contribution in [1.29, 1.82) is 0 Å². The van der Waals surface area contributed by atoms with Crippen molar-refractivity contribution in [2.45, 2.75) is 19.4 Å². The van der Waals surface area contributed by atoms with E-state index in [2.05, 4.69) is 20.8 Å². The molecule has 0 spiro atoms. The first-order valence-corrected chi connectivity index (χ1v) is 6.20. The fraction of sp³-hybridized carbons (Fsp3) is 0.417. The summed E-state index contributed by atoms with van der Waals surface area (Å²) in [5, 5.41) is 8.85. The minimum absolute atomic E-state index is 0. The van der Waals surface area contributed by atoms with Crippen LogP contribution in [-0.4, -0.2) is 29.1 Å². The van der Waals surface area contributed by atoms with Gasteiger partial charge >= 0.3 is 5.97 Å². The summed E-state index contributed by atoms with van der Waals surface area (Å²) >= 11 is 3.43. The van der Waals surface area contributed by atoms with E-state index in [1.54, 1.807) is 12.1 Å². The van der Waals surface area contributed by atoms with Crippen LogP contribution in [0.5, 0.6) is 0 Å². The molecule has 0 aromatic heterocycles. The molecule has 0 bridgehead atoms. The summed E-state index contributed by atoms with van der Waals surface area (Å²) in [4.78, 5) is 13.2. The number of hydrogen-bond donors (Lipinski definition) is 1. The Balaban J connectivity index is 0.00000144. The molecule has 17 heavy (non-hydrogen) atoms. The second-order valence-electron chi connectivity index (χ2n) is 4.09. The lowest BCUT2D eigenvalue weighted by atomic mass is 10.1. The molecular formula is C12H15BrClNO2. The second-order valence-corrected chi connectivity index (χ2v) is 4.95. The Morgan fingerprint density at radius 3 is 2.53 bits per heavy atom.